The van der Waals surface area contributed by atoms with Crippen LogP contribution in [-0.2, 0) is 6.42 Å². The van der Waals surface area contributed by atoms with Crippen molar-refractivity contribution in [2.75, 3.05) is 12.0 Å². The molecule has 0 unspecified atom stereocenters. The summed E-state index contributed by atoms with van der Waals surface area (Å²) in [5, 5.41) is 6.49. The van der Waals surface area contributed by atoms with Gasteiger partial charge in [-0.2, -0.15) is 4.98 Å². The largest absolute Gasteiger partial charge is 0.351 e. The predicted molar refractivity (Wildman–Crippen MR) is 74.8 cm³/mol. The lowest BCUT2D eigenvalue weighted by atomic mass is 10.2. The highest BCUT2D eigenvalue weighted by Crippen LogP contribution is 2.17. The molecule has 4 N–H and O–H groups in total. The third-order valence-corrected chi connectivity index (χ3v) is 2.87. The maximum absolute atomic E-state index is 12.0. The first-order valence-electron chi connectivity index (χ1n) is 5.79. The molecule has 0 aliphatic carbocycles. The van der Waals surface area contributed by atoms with Crippen molar-refractivity contribution >= 4 is 27.7 Å². The average Bonchev–Trinajstić information content (AvgIpc) is 2.84. The number of nitrogen functional groups attached to an aromatic ring is 1. The molecule has 2 heterocycles. The van der Waals surface area contributed by atoms with E-state index in [1.54, 1.807) is 19.2 Å². The van der Waals surface area contributed by atoms with E-state index in [-0.39, 0.29) is 5.91 Å². The molecule has 0 saturated carbocycles. The summed E-state index contributed by atoms with van der Waals surface area (Å²) in [4.78, 5) is 20.1. The van der Waals surface area contributed by atoms with Gasteiger partial charge in [0.25, 0.3) is 5.91 Å². The number of carbonyl (C=O) groups is 1. The molecule has 0 spiro atoms. The van der Waals surface area contributed by atoms with Gasteiger partial charge >= 0.3 is 0 Å². The van der Waals surface area contributed by atoms with E-state index in [1.807, 2.05) is 0 Å². The van der Waals surface area contributed by atoms with Crippen molar-refractivity contribution in [2.45, 2.75) is 13.3 Å². The standard InChI is InChI=1S/C11H13BrN6O2/c1-6-16-9(18-20-6)2-3-14-11(19)8-4-7(12)5-15-10(8)17-13/h4-5H,2-3,13H2,1H3,(H,14,19)(H,15,17). The maximum atomic E-state index is 12.0. The molecule has 0 saturated heterocycles. The van der Waals surface area contributed by atoms with Gasteiger partial charge in [-0.15, -0.1) is 0 Å². The van der Waals surface area contributed by atoms with Crippen LogP contribution in [0.2, 0.25) is 0 Å². The molecule has 2 aromatic rings. The molecule has 20 heavy (non-hydrogen) atoms. The van der Waals surface area contributed by atoms with Crippen LogP contribution < -0.4 is 16.6 Å². The quantitative estimate of drug-likeness (QED) is 0.543. The van der Waals surface area contributed by atoms with Gasteiger partial charge in [-0.05, 0) is 22.0 Å². The number of nitrogens with two attached hydrogens (primary N) is 1. The molecule has 1 amide bonds. The van der Waals surface area contributed by atoms with Crippen LogP contribution in [0.3, 0.4) is 0 Å². The first-order valence-corrected chi connectivity index (χ1v) is 6.59. The Balaban J connectivity index is 1.96. The molecular formula is C11H13BrN6O2. The fourth-order valence-electron chi connectivity index (χ4n) is 1.55. The molecule has 0 aliphatic heterocycles. The van der Waals surface area contributed by atoms with Crippen molar-refractivity contribution in [3.63, 3.8) is 0 Å². The highest BCUT2D eigenvalue weighted by molar-refractivity contribution is 9.10. The summed E-state index contributed by atoms with van der Waals surface area (Å²) in [6, 6.07) is 1.63. The van der Waals surface area contributed by atoms with Gasteiger partial charge in [0.1, 0.15) is 0 Å². The summed E-state index contributed by atoms with van der Waals surface area (Å²) in [5.41, 5.74) is 2.74. The monoisotopic (exact) mass is 340 g/mol. The second-order valence-electron chi connectivity index (χ2n) is 3.93. The summed E-state index contributed by atoms with van der Waals surface area (Å²) in [6.45, 7) is 2.09. The Kier molecular flexibility index (Phi) is 4.64. The highest BCUT2D eigenvalue weighted by atomic mass is 79.9. The van der Waals surface area contributed by atoms with Gasteiger partial charge in [-0.1, -0.05) is 5.16 Å². The van der Waals surface area contributed by atoms with Crippen LogP contribution in [0, 0.1) is 6.92 Å². The second kappa shape index (κ2) is 6.44. The summed E-state index contributed by atoms with van der Waals surface area (Å²) in [5.74, 6) is 6.39. The third kappa shape index (κ3) is 3.52. The zero-order valence-corrected chi connectivity index (χ0v) is 12.3. The molecule has 9 heteroatoms. The molecule has 8 nitrogen and oxygen atoms in total. The fourth-order valence-corrected chi connectivity index (χ4v) is 1.88. The van der Waals surface area contributed by atoms with Crippen molar-refractivity contribution in [2.24, 2.45) is 5.84 Å². The first kappa shape index (κ1) is 14.4. The molecule has 0 bridgehead atoms. The summed E-state index contributed by atoms with van der Waals surface area (Å²) in [6.07, 6.45) is 2.03. The average molecular weight is 341 g/mol. The van der Waals surface area contributed by atoms with Crippen molar-refractivity contribution in [1.82, 2.24) is 20.4 Å². The number of nitrogens with one attached hydrogen (secondary N) is 2. The number of aromatic nitrogens is 3. The van der Waals surface area contributed by atoms with Gasteiger partial charge < -0.3 is 15.3 Å². The van der Waals surface area contributed by atoms with E-state index < -0.39 is 0 Å². The number of hydrazine groups is 1. The number of nitrogens with zero attached hydrogens (tertiary/aromatic N) is 3. The van der Waals surface area contributed by atoms with E-state index >= 15 is 0 Å². The van der Waals surface area contributed by atoms with Crippen LogP contribution in [0.4, 0.5) is 5.82 Å². The summed E-state index contributed by atoms with van der Waals surface area (Å²) in [7, 11) is 0. The molecular weight excluding hydrogens is 328 g/mol. The van der Waals surface area contributed by atoms with Gasteiger partial charge in [0.05, 0.1) is 5.56 Å². The van der Waals surface area contributed by atoms with Crippen LogP contribution in [-0.4, -0.2) is 27.6 Å². The Hall–Kier alpha value is -2.00. The summed E-state index contributed by atoms with van der Waals surface area (Å²) >= 11 is 3.26. The molecule has 0 aromatic carbocycles. The molecule has 2 aromatic heterocycles. The number of carbonyl (C=O) groups excluding carboxylic acids is 1. The van der Waals surface area contributed by atoms with Gasteiger partial charge in [0.2, 0.25) is 5.89 Å². The normalized spacial score (nSPS) is 10.3. The lowest BCUT2D eigenvalue weighted by molar-refractivity contribution is 0.0954. The Morgan fingerprint density at radius 3 is 3.00 bits per heavy atom. The summed E-state index contributed by atoms with van der Waals surface area (Å²) < 4.78 is 5.53. The number of anilines is 1. The van der Waals surface area contributed by atoms with Crippen LogP contribution >= 0.6 is 15.9 Å². The Morgan fingerprint density at radius 1 is 1.55 bits per heavy atom. The zero-order chi connectivity index (χ0) is 14.5. The van der Waals surface area contributed by atoms with E-state index in [2.05, 4.69) is 41.8 Å². The molecule has 0 atom stereocenters. The Bertz CT molecular complexity index is 615. The maximum Gasteiger partial charge on any atom is 0.255 e. The highest BCUT2D eigenvalue weighted by Gasteiger charge is 2.13. The van der Waals surface area contributed by atoms with Crippen molar-refractivity contribution < 1.29 is 9.32 Å². The van der Waals surface area contributed by atoms with E-state index in [0.29, 0.717) is 40.5 Å². The molecule has 0 aliphatic rings. The molecule has 0 fully saturated rings. The third-order valence-electron chi connectivity index (χ3n) is 2.44. The predicted octanol–water partition coefficient (Wildman–Crippen LogP) is 0.794. The second-order valence-corrected chi connectivity index (χ2v) is 4.85. The van der Waals surface area contributed by atoms with Crippen LogP contribution in [0.5, 0.6) is 0 Å². The SMILES string of the molecule is Cc1nc(CCNC(=O)c2cc(Br)cnc2NN)no1. The minimum Gasteiger partial charge on any atom is -0.351 e. The number of hydrogen-bond acceptors (Lipinski definition) is 7. The van der Waals surface area contributed by atoms with Gasteiger partial charge in [0.15, 0.2) is 11.6 Å². The van der Waals surface area contributed by atoms with Gasteiger partial charge in [0, 0.05) is 30.6 Å². The van der Waals surface area contributed by atoms with Gasteiger partial charge in [-0.25, -0.2) is 10.8 Å². The van der Waals surface area contributed by atoms with Crippen molar-refractivity contribution in [3.05, 3.63) is 34.0 Å². The van der Waals surface area contributed by atoms with E-state index in [0.717, 1.165) is 0 Å². The number of pyridine rings is 1. The fraction of sp³-hybridized carbons (Fsp3) is 0.273. The molecule has 0 radical (unpaired) electrons. The van der Waals surface area contributed by atoms with Crippen LogP contribution in [0.25, 0.3) is 0 Å². The number of amides is 1. The Labute approximate surface area is 123 Å². The zero-order valence-electron chi connectivity index (χ0n) is 10.7. The number of rotatable bonds is 5. The van der Waals surface area contributed by atoms with Crippen molar-refractivity contribution in [1.29, 1.82) is 0 Å². The first-order chi connectivity index (χ1) is 9.60. The minimum atomic E-state index is -0.285. The topological polar surface area (TPSA) is 119 Å². The molecule has 2 rings (SSSR count). The smallest absolute Gasteiger partial charge is 0.255 e. The van der Waals surface area contributed by atoms with Crippen molar-refractivity contribution in [3.8, 4) is 0 Å². The lowest BCUT2D eigenvalue weighted by Crippen LogP contribution is -2.27. The van der Waals surface area contributed by atoms with E-state index in [1.165, 1.54) is 0 Å². The minimum absolute atomic E-state index is 0.285. The lowest BCUT2D eigenvalue weighted by Gasteiger charge is -2.08. The number of hydrogen-bond donors (Lipinski definition) is 3. The van der Waals surface area contributed by atoms with E-state index in [4.69, 9.17) is 10.4 Å². The van der Waals surface area contributed by atoms with Crippen LogP contribution in [0.15, 0.2) is 21.3 Å². The molecule has 106 valence electrons. The Morgan fingerprint density at radius 2 is 2.35 bits per heavy atom. The van der Waals surface area contributed by atoms with Crippen LogP contribution in [0.1, 0.15) is 22.1 Å². The number of aryl methyl sites for hydroxylation is 1. The number of halogens is 1. The van der Waals surface area contributed by atoms with E-state index in [9.17, 15) is 4.79 Å². The van der Waals surface area contributed by atoms with Gasteiger partial charge in [-0.3, -0.25) is 4.79 Å².